The van der Waals surface area contributed by atoms with Crippen molar-refractivity contribution in [1.29, 1.82) is 0 Å². The summed E-state index contributed by atoms with van der Waals surface area (Å²) in [5, 5.41) is 20.2. The molecular formula is C28H26ClF3N8O3. The summed E-state index contributed by atoms with van der Waals surface area (Å²) in [6.07, 6.45) is -2.77. The van der Waals surface area contributed by atoms with Gasteiger partial charge < -0.3 is 10.6 Å². The van der Waals surface area contributed by atoms with Gasteiger partial charge in [0.05, 0.1) is 27.7 Å². The summed E-state index contributed by atoms with van der Waals surface area (Å²) < 4.78 is 40.2. The Bertz CT molecular complexity index is 1730. The van der Waals surface area contributed by atoms with Crippen molar-refractivity contribution in [1.82, 2.24) is 35.3 Å². The van der Waals surface area contributed by atoms with Crippen LogP contribution in [0.1, 0.15) is 75.0 Å². The Morgan fingerprint density at radius 1 is 1.09 bits per heavy atom. The van der Waals surface area contributed by atoms with Crippen LogP contribution in [0, 0.1) is 12.8 Å². The van der Waals surface area contributed by atoms with E-state index >= 15 is 0 Å². The average Bonchev–Trinajstić information content (AvgIpc) is 3.54. The maximum atomic E-state index is 13.8. The van der Waals surface area contributed by atoms with Crippen molar-refractivity contribution in [2.75, 3.05) is 5.32 Å². The van der Waals surface area contributed by atoms with Crippen LogP contribution in [0.15, 0.2) is 42.5 Å². The minimum Gasteiger partial charge on any atom is -0.349 e. The van der Waals surface area contributed by atoms with Crippen molar-refractivity contribution in [2.45, 2.75) is 52.4 Å². The molecule has 0 spiro atoms. The predicted molar refractivity (Wildman–Crippen MR) is 149 cm³/mol. The van der Waals surface area contributed by atoms with E-state index in [4.69, 9.17) is 11.6 Å². The number of rotatable bonds is 9. The molecule has 2 N–H and O–H groups in total. The smallest absolute Gasteiger partial charge is 0.349 e. The van der Waals surface area contributed by atoms with Gasteiger partial charge in [0.25, 0.3) is 17.6 Å². The number of para-hydroxylation sites is 1. The van der Waals surface area contributed by atoms with Crippen LogP contribution in [0.3, 0.4) is 0 Å². The first kappa shape index (κ1) is 29.9. The van der Waals surface area contributed by atoms with Crippen LogP contribution in [-0.4, -0.2) is 53.6 Å². The summed E-state index contributed by atoms with van der Waals surface area (Å²) in [5.74, 6) is -2.43. The zero-order valence-electron chi connectivity index (χ0n) is 23.2. The van der Waals surface area contributed by atoms with Crippen LogP contribution in [0.5, 0.6) is 0 Å². The normalized spacial score (nSPS) is 13.9. The number of Topliss-reactive ketones (excluding diaryl/α,β-unsaturated/α-hetero) is 1. The maximum Gasteiger partial charge on any atom is 0.455 e. The standard InChI is InChI=1S/C28H26ClF3N8O3/c1-14-10-18(16(3)41)11-20(25(42)33-15(2)17-8-9-17)24(14)34-26(43)23-12-19(13-39-37-27(35-38-39)28(30,31)32)36-40(23)22-7-5-4-6-21(22)29/h4-7,10-12,15,17H,8-9,13H2,1-3H3,(H,33,42)(H,34,43). The van der Waals surface area contributed by atoms with Gasteiger partial charge in [0.2, 0.25) is 0 Å². The molecule has 0 radical (unpaired) electrons. The number of alkyl halides is 3. The van der Waals surface area contributed by atoms with Crippen LogP contribution in [-0.2, 0) is 12.7 Å². The number of ketones is 1. The zero-order chi connectivity index (χ0) is 31.1. The Hall–Kier alpha value is -4.59. The van der Waals surface area contributed by atoms with E-state index in [1.165, 1.54) is 23.7 Å². The summed E-state index contributed by atoms with van der Waals surface area (Å²) in [5.41, 5.74) is 1.51. The number of nitrogens with one attached hydrogen (secondary N) is 2. The number of anilines is 1. The highest BCUT2D eigenvalue weighted by Gasteiger charge is 2.37. The molecule has 2 heterocycles. The van der Waals surface area contributed by atoms with Crippen molar-refractivity contribution < 1.29 is 27.6 Å². The Labute approximate surface area is 248 Å². The van der Waals surface area contributed by atoms with E-state index in [2.05, 4.69) is 31.1 Å². The lowest BCUT2D eigenvalue weighted by atomic mass is 10.00. The zero-order valence-corrected chi connectivity index (χ0v) is 24.0. The molecule has 1 atom stereocenters. The molecule has 43 heavy (non-hydrogen) atoms. The van der Waals surface area contributed by atoms with Gasteiger partial charge >= 0.3 is 6.18 Å². The first-order chi connectivity index (χ1) is 20.3. The second-order valence-corrected chi connectivity index (χ2v) is 10.8. The van der Waals surface area contributed by atoms with Gasteiger partial charge in [-0.3, -0.25) is 14.4 Å². The Morgan fingerprint density at radius 2 is 1.81 bits per heavy atom. The fraction of sp³-hybridized carbons (Fsp3) is 0.321. The molecule has 2 aromatic heterocycles. The molecule has 1 aliphatic rings. The molecule has 224 valence electrons. The molecule has 0 bridgehead atoms. The summed E-state index contributed by atoms with van der Waals surface area (Å²) in [7, 11) is 0. The fourth-order valence-corrected chi connectivity index (χ4v) is 4.77. The van der Waals surface area contributed by atoms with Gasteiger partial charge in [0, 0.05) is 11.6 Å². The van der Waals surface area contributed by atoms with E-state index in [1.54, 1.807) is 37.3 Å². The molecule has 2 amide bonds. The number of hydrogen-bond donors (Lipinski definition) is 2. The number of carbonyl (C=O) groups excluding carboxylic acids is 3. The number of nitrogens with zero attached hydrogens (tertiary/aromatic N) is 6. The molecule has 11 nitrogen and oxygen atoms in total. The van der Waals surface area contributed by atoms with Crippen molar-refractivity contribution in [3.63, 3.8) is 0 Å². The van der Waals surface area contributed by atoms with Crippen molar-refractivity contribution in [2.24, 2.45) is 5.92 Å². The highest BCUT2D eigenvalue weighted by molar-refractivity contribution is 6.32. The Kier molecular flexibility index (Phi) is 8.06. The quantitative estimate of drug-likeness (QED) is 0.257. The van der Waals surface area contributed by atoms with Crippen LogP contribution in [0.4, 0.5) is 18.9 Å². The summed E-state index contributed by atoms with van der Waals surface area (Å²) in [6, 6.07) is 10.8. The minimum absolute atomic E-state index is 0.0352. The second kappa shape index (κ2) is 11.6. The first-order valence-electron chi connectivity index (χ1n) is 13.3. The number of amides is 2. The van der Waals surface area contributed by atoms with Crippen LogP contribution in [0.25, 0.3) is 5.69 Å². The van der Waals surface area contributed by atoms with Crippen LogP contribution in [0.2, 0.25) is 5.02 Å². The van der Waals surface area contributed by atoms with Gasteiger partial charge in [-0.1, -0.05) is 23.7 Å². The number of tetrazole rings is 1. The predicted octanol–water partition coefficient (Wildman–Crippen LogP) is 4.87. The number of benzene rings is 2. The third-order valence-corrected chi connectivity index (χ3v) is 7.32. The summed E-state index contributed by atoms with van der Waals surface area (Å²) in [4.78, 5) is 40.0. The van der Waals surface area contributed by atoms with Gasteiger partial charge in [-0.15, -0.1) is 10.2 Å². The molecule has 15 heteroatoms. The number of halogens is 4. The molecule has 0 aliphatic heterocycles. The van der Waals surface area contributed by atoms with Crippen molar-refractivity contribution >= 4 is 34.9 Å². The van der Waals surface area contributed by atoms with Crippen LogP contribution < -0.4 is 10.6 Å². The molecule has 1 unspecified atom stereocenters. The van der Waals surface area contributed by atoms with E-state index in [9.17, 15) is 27.6 Å². The molecule has 0 saturated heterocycles. The van der Waals surface area contributed by atoms with E-state index in [0.29, 0.717) is 27.5 Å². The van der Waals surface area contributed by atoms with Gasteiger partial charge in [0.15, 0.2) is 5.78 Å². The third-order valence-electron chi connectivity index (χ3n) is 7.00. The lowest BCUT2D eigenvalue weighted by molar-refractivity contribution is -0.145. The number of carbonyl (C=O) groups is 3. The van der Waals surface area contributed by atoms with E-state index < -0.39 is 23.8 Å². The molecule has 1 fully saturated rings. The van der Waals surface area contributed by atoms with E-state index in [-0.39, 0.29) is 46.0 Å². The lowest BCUT2D eigenvalue weighted by Crippen LogP contribution is -2.35. The van der Waals surface area contributed by atoms with Gasteiger partial charge in [-0.05, 0) is 80.6 Å². The molecule has 1 saturated carbocycles. The molecule has 4 aromatic rings. The molecule has 2 aromatic carbocycles. The first-order valence-corrected chi connectivity index (χ1v) is 13.7. The lowest BCUT2D eigenvalue weighted by Gasteiger charge is -2.18. The second-order valence-electron chi connectivity index (χ2n) is 10.4. The fourth-order valence-electron chi connectivity index (χ4n) is 4.56. The number of aromatic nitrogens is 6. The molecule has 1 aliphatic carbocycles. The number of hydrogen-bond acceptors (Lipinski definition) is 7. The van der Waals surface area contributed by atoms with E-state index in [0.717, 1.165) is 12.8 Å². The maximum absolute atomic E-state index is 13.8. The third kappa shape index (κ3) is 6.58. The highest BCUT2D eigenvalue weighted by atomic mass is 35.5. The monoisotopic (exact) mass is 614 g/mol. The number of aryl methyl sites for hydroxylation is 1. The highest BCUT2D eigenvalue weighted by Crippen LogP contribution is 2.33. The Morgan fingerprint density at radius 3 is 2.44 bits per heavy atom. The Balaban J connectivity index is 1.52. The van der Waals surface area contributed by atoms with Gasteiger partial charge in [0.1, 0.15) is 12.2 Å². The SMILES string of the molecule is CC(=O)c1cc(C)c(NC(=O)c2cc(Cn3nnc(C(F)(F)F)n3)nn2-c2ccccc2Cl)c(C(=O)NC(C)C2CC2)c1. The van der Waals surface area contributed by atoms with Crippen molar-refractivity contribution in [3.8, 4) is 5.69 Å². The molecule has 5 rings (SSSR count). The van der Waals surface area contributed by atoms with Crippen molar-refractivity contribution in [3.05, 3.63) is 81.4 Å². The average molecular weight is 615 g/mol. The molecular weight excluding hydrogens is 589 g/mol. The largest absolute Gasteiger partial charge is 0.455 e. The topological polar surface area (TPSA) is 137 Å². The van der Waals surface area contributed by atoms with Gasteiger partial charge in [-0.2, -0.15) is 23.1 Å². The summed E-state index contributed by atoms with van der Waals surface area (Å²) >= 11 is 6.39. The van der Waals surface area contributed by atoms with Crippen LogP contribution >= 0.6 is 11.6 Å². The minimum atomic E-state index is -4.78. The summed E-state index contributed by atoms with van der Waals surface area (Å²) in [6.45, 7) is 4.61. The van der Waals surface area contributed by atoms with Gasteiger partial charge in [-0.25, -0.2) is 4.68 Å². The van der Waals surface area contributed by atoms with E-state index in [1.807, 2.05) is 6.92 Å².